The van der Waals surface area contributed by atoms with Gasteiger partial charge in [0.1, 0.15) is 17.8 Å². The number of halogens is 3. The lowest BCUT2D eigenvalue weighted by Gasteiger charge is -2.10. The van der Waals surface area contributed by atoms with Gasteiger partial charge >= 0.3 is 0 Å². The summed E-state index contributed by atoms with van der Waals surface area (Å²) in [7, 11) is 0. The molecule has 0 bridgehead atoms. The number of hydrogen-bond donors (Lipinski definition) is 2. The number of hydrogen-bond acceptors (Lipinski definition) is 3. The molecule has 0 atom stereocenters. The van der Waals surface area contributed by atoms with Crippen molar-refractivity contribution < 1.29 is 4.74 Å². The number of benzene rings is 1. The summed E-state index contributed by atoms with van der Waals surface area (Å²) in [5, 5.41) is 15.8. The number of nitrogens with zero attached hydrogens (tertiary/aromatic N) is 1. The van der Waals surface area contributed by atoms with Gasteiger partial charge in [-0.05, 0) is 34.1 Å². The zero-order valence-electron chi connectivity index (χ0n) is 10.2. The standard InChI is InChI=1S/C13H10BrCl2N3O/c14-10-5-19(7-17)13(18)3-8(10)6-20-9-1-2-11(15)12(16)4-9/h1-5,7,17-18H,6H2. The Morgan fingerprint density at radius 2 is 2.00 bits per heavy atom. The van der Waals surface area contributed by atoms with Crippen molar-refractivity contribution >= 4 is 45.5 Å². The fraction of sp³-hybridized carbons (Fsp3) is 0.0769. The van der Waals surface area contributed by atoms with Gasteiger partial charge in [-0.3, -0.25) is 15.4 Å². The van der Waals surface area contributed by atoms with E-state index in [1.807, 2.05) is 0 Å². The predicted molar refractivity (Wildman–Crippen MR) is 83.0 cm³/mol. The van der Waals surface area contributed by atoms with E-state index in [2.05, 4.69) is 15.9 Å². The van der Waals surface area contributed by atoms with Gasteiger partial charge in [-0.25, -0.2) is 0 Å². The van der Waals surface area contributed by atoms with Crippen molar-refractivity contribution in [3.63, 3.8) is 0 Å². The molecule has 0 saturated heterocycles. The maximum atomic E-state index is 7.75. The minimum atomic E-state index is 0.205. The number of ether oxygens (including phenoxy) is 1. The molecule has 104 valence electrons. The molecule has 1 heterocycles. The van der Waals surface area contributed by atoms with Crippen LogP contribution >= 0.6 is 39.1 Å². The van der Waals surface area contributed by atoms with E-state index < -0.39 is 0 Å². The van der Waals surface area contributed by atoms with Crippen molar-refractivity contribution in [3.05, 3.63) is 56.0 Å². The van der Waals surface area contributed by atoms with Gasteiger partial charge in [0.25, 0.3) is 0 Å². The Balaban J connectivity index is 2.18. The van der Waals surface area contributed by atoms with E-state index >= 15 is 0 Å². The largest absolute Gasteiger partial charge is 0.489 e. The molecule has 1 aromatic heterocycles. The second-order valence-electron chi connectivity index (χ2n) is 3.93. The third kappa shape index (κ3) is 3.42. The van der Waals surface area contributed by atoms with Crippen LogP contribution in [0.25, 0.3) is 0 Å². The summed E-state index contributed by atoms with van der Waals surface area (Å²) in [4.78, 5) is 0. The van der Waals surface area contributed by atoms with Crippen molar-refractivity contribution in [3.8, 4) is 5.75 Å². The maximum Gasteiger partial charge on any atom is 0.130 e. The number of nitrogens with one attached hydrogen (secondary N) is 2. The van der Waals surface area contributed by atoms with Gasteiger partial charge in [-0.2, -0.15) is 0 Å². The van der Waals surface area contributed by atoms with Gasteiger partial charge in [0.2, 0.25) is 0 Å². The number of rotatable bonds is 4. The lowest BCUT2D eigenvalue weighted by molar-refractivity contribution is 0.305. The van der Waals surface area contributed by atoms with Gasteiger partial charge < -0.3 is 4.74 Å². The van der Waals surface area contributed by atoms with E-state index in [1.165, 1.54) is 4.57 Å². The Morgan fingerprint density at radius 3 is 2.65 bits per heavy atom. The van der Waals surface area contributed by atoms with Crippen LogP contribution in [0.1, 0.15) is 5.56 Å². The van der Waals surface area contributed by atoms with E-state index in [1.54, 1.807) is 30.5 Å². The van der Waals surface area contributed by atoms with Gasteiger partial charge in [0, 0.05) is 22.3 Å². The van der Waals surface area contributed by atoms with Crippen molar-refractivity contribution in [2.45, 2.75) is 6.61 Å². The highest BCUT2D eigenvalue weighted by atomic mass is 79.9. The highest BCUT2D eigenvalue weighted by molar-refractivity contribution is 9.10. The van der Waals surface area contributed by atoms with E-state index in [0.717, 1.165) is 16.4 Å². The fourth-order valence-corrected chi connectivity index (χ4v) is 2.27. The Kier molecular flexibility index (Phi) is 4.86. The predicted octanol–water partition coefficient (Wildman–Crippen LogP) is 4.07. The second kappa shape index (κ2) is 6.43. The van der Waals surface area contributed by atoms with Crippen molar-refractivity contribution in [2.75, 3.05) is 0 Å². The first-order valence-corrected chi connectivity index (χ1v) is 7.09. The molecule has 1 aromatic carbocycles. The molecule has 2 N–H and O–H groups in total. The Bertz CT molecular complexity index is 715. The molecular formula is C13H10BrCl2N3O. The van der Waals surface area contributed by atoms with Gasteiger partial charge in [-0.15, -0.1) is 0 Å². The zero-order chi connectivity index (χ0) is 14.7. The average molecular weight is 375 g/mol. The lowest BCUT2D eigenvalue weighted by atomic mass is 10.3. The molecule has 0 amide bonds. The van der Waals surface area contributed by atoms with E-state index in [0.29, 0.717) is 15.8 Å². The lowest BCUT2D eigenvalue weighted by Crippen LogP contribution is -2.19. The van der Waals surface area contributed by atoms with Gasteiger partial charge in [0.15, 0.2) is 0 Å². The summed E-state index contributed by atoms with van der Waals surface area (Å²) >= 11 is 15.1. The van der Waals surface area contributed by atoms with E-state index in [4.69, 9.17) is 38.8 Å². The van der Waals surface area contributed by atoms with Gasteiger partial charge in [-0.1, -0.05) is 23.2 Å². The summed E-state index contributed by atoms with van der Waals surface area (Å²) in [6.45, 7) is 0.281. The highest BCUT2D eigenvalue weighted by Gasteiger charge is 2.05. The normalized spacial score (nSPS) is 10.3. The Hall–Kier alpha value is -1.30. The molecule has 0 spiro atoms. The molecule has 0 aliphatic rings. The molecular weight excluding hydrogens is 365 g/mol. The molecule has 0 aliphatic heterocycles. The SMILES string of the molecule is N=Cn1cc(Br)c(COc2ccc(Cl)c(Cl)c2)cc1=N. The molecule has 0 fully saturated rings. The van der Waals surface area contributed by atoms with Gasteiger partial charge in [0.05, 0.1) is 16.4 Å². The molecule has 0 radical (unpaired) electrons. The molecule has 0 saturated carbocycles. The summed E-state index contributed by atoms with van der Waals surface area (Å²) in [5.41, 5.74) is 1.01. The first-order valence-electron chi connectivity index (χ1n) is 5.55. The minimum absolute atomic E-state index is 0.205. The smallest absolute Gasteiger partial charge is 0.130 e. The monoisotopic (exact) mass is 373 g/mol. The van der Waals surface area contributed by atoms with Crippen LogP contribution in [0.2, 0.25) is 10.0 Å². The molecule has 7 heteroatoms. The fourth-order valence-electron chi connectivity index (χ4n) is 1.53. The minimum Gasteiger partial charge on any atom is -0.489 e. The number of pyridine rings is 1. The quantitative estimate of drug-likeness (QED) is 0.614. The van der Waals surface area contributed by atoms with Crippen molar-refractivity contribution in [1.29, 1.82) is 10.8 Å². The topological polar surface area (TPSA) is 61.9 Å². The highest BCUT2D eigenvalue weighted by Crippen LogP contribution is 2.27. The van der Waals surface area contributed by atoms with Crippen molar-refractivity contribution in [2.24, 2.45) is 0 Å². The van der Waals surface area contributed by atoms with Crippen LogP contribution in [0.4, 0.5) is 0 Å². The van der Waals surface area contributed by atoms with Crippen molar-refractivity contribution in [1.82, 2.24) is 4.57 Å². The third-order valence-corrected chi connectivity index (χ3v) is 4.03. The Morgan fingerprint density at radius 1 is 1.25 bits per heavy atom. The first kappa shape index (κ1) is 15.1. The summed E-state index contributed by atoms with van der Waals surface area (Å²) in [6, 6.07) is 6.66. The van der Waals surface area contributed by atoms with Crippen LogP contribution in [0.5, 0.6) is 5.75 Å². The van der Waals surface area contributed by atoms with Crippen LogP contribution in [-0.4, -0.2) is 10.9 Å². The van der Waals surface area contributed by atoms with Crippen LogP contribution in [0.15, 0.2) is 34.9 Å². The summed E-state index contributed by atoms with van der Waals surface area (Å²) in [6.07, 6.45) is 2.71. The molecule has 0 aliphatic carbocycles. The summed E-state index contributed by atoms with van der Waals surface area (Å²) < 4.78 is 7.76. The van der Waals surface area contributed by atoms with E-state index in [-0.39, 0.29) is 12.1 Å². The Labute approximate surface area is 134 Å². The zero-order valence-corrected chi connectivity index (χ0v) is 13.3. The third-order valence-electron chi connectivity index (χ3n) is 2.57. The second-order valence-corrected chi connectivity index (χ2v) is 5.60. The number of aromatic nitrogens is 1. The van der Waals surface area contributed by atoms with Crippen LogP contribution in [-0.2, 0) is 6.61 Å². The summed E-state index contributed by atoms with van der Waals surface area (Å²) in [5.74, 6) is 0.599. The molecule has 2 rings (SSSR count). The maximum absolute atomic E-state index is 7.75. The first-order chi connectivity index (χ1) is 9.51. The molecule has 4 nitrogen and oxygen atoms in total. The van der Waals surface area contributed by atoms with Crippen LogP contribution in [0, 0.1) is 10.8 Å². The van der Waals surface area contributed by atoms with Crippen LogP contribution in [0.3, 0.4) is 0 Å². The van der Waals surface area contributed by atoms with Crippen LogP contribution < -0.4 is 10.2 Å². The molecule has 2 aromatic rings. The average Bonchev–Trinajstić information content (AvgIpc) is 2.43. The van der Waals surface area contributed by atoms with E-state index in [9.17, 15) is 0 Å². The molecule has 0 unspecified atom stereocenters. The molecule has 20 heavy (non-hydrogen) atoms.